The van der Waals surface area contributed by atoms with Gasteiger partial charge in [0.25, 0.3) is 0 Å². The molecule has 0 radical (unpaired) electrons. The molecule has 4 heteroatoms. The SMILES string of the molecule is S=P12c3cc4ccccc4cc3Oc3cccc(c31)Oc1ccc3ccccc3c12. The third-order valence-electron chi connectivity index (χ3n) is 6.06. The van der Waals surface area contributed by atoms with E-state index < -0.39 is 6.04 Å². The summed E-state index contributed by atoms with van der Waals surface area (Å²) >= 11 is 6.70. The third-order valence-corrected chi connectivity index (χ3v) is 10.9. The molecule has 0 N–H and O–H groups in total. The maximum atomic E-state index is 6.70. The molecule has 0 amide bonds. The van der Waals surface area contributed by atoms with Crippen molar-refractivity contribution in [2.75, 3.05) is 0 Å². The van der Waals surface area contributed by atoms with Crippen LogP contribution in [0.1, 0.15) is 0 Å². The van der Waals surface area contributed by atoms with Crippen molar-refractivity contribution in [1.82, 2.24) is 0 Å². The fourth-order valence-corrected chi connectivity index (χ4v) is 9.56. The second-order valence-corrected chi connectivity index (χ2v) is 12.0. The second-order valence-electron chi connectivity index (χ2n) is 7.72. The Morgan fingerprint density at radius 1 is 0.533 bits per heavy atom. The summed E-state index contributed by atoms with van der Waals surface area (Å²) in [6.07, 6.45) is 0. The molecule has 2 heterocycles. The van der Waals surface area contributed by atoms with E-state index in [0.717, 1.165) is 44.3 Å². The Bertz CT molecular complexity index is 1590. The number of hydrogen-bond acceptors (Lipinski definition) is 3. The highest BCUT2D eigenvalue weighted by Gasteiger charge is 2.43. The topological polar surface area (TPSA) is 18.5 Å². The molecule has 0 saturated carbocycles. The van der Waals surface area contributed by atoms with E-state index in [1.54, 1.807) is 0 Å². The van der Waals surface area contributed by atoms with Crippen molar-refractivity contribution in [2.45, 2.75) is 0 Å². The second kappa shape index (κ2) is 5.72. The predicted molar refractivity (Wildman–Crippen MR) is 128 cm³/mol. The summed E-state index contributed by atoms with van der Waals surface area (Å²) in [7, 11) is 0. The Morgan fingerprint density at radius 2 is 1.17 bits per heavy atom. The summed E-state index contributed by atoms with van der Waals surface area (Å²) in [5.74, 6) is 3.36. The minimum absolute atomic E-state index is 0.817. The summed E-state index contributed by atoms with van der Waals surface area (Å²) in [5.41, 5.74) is 0. The van der Waals surface area contributed by atoms with Crippen LogP contribution in [0.4, 0.5) is 0 Å². The lowest BCUT2D eigenvalue weighted by atomic mass is 10.1. The summed E-state index contributed by atoms with van der Waals surface area (Å²) in [4.78, 5) is 0. The molecular weight excluding hydrogens is 407 g/mol. The molecule has 2 aliphatic rings. The molecule has 142 valence electrons. The Kier molecular flexibility index (Phi) is 3.18. The molecular formula is C26H15O2PS. The van der Waals surface area contributed by atoms with Crippen molar-refractivity contribution in [3.05, 3.63) is 91.0 Å². The van der Waals surface area contributed by atoms with Crippen LogP contribution in [-0.2, 0) is 11.8 Å². The van der Waals surface area contributed by atoms with Gasteiger partial charge in [0.15, 0.2) is 0 Å². The first-order valence-electron chi connectivity index (χ1n) is 9.88. The van der Waals surface area contributed by atoms with E-state index in [4.69, 9.17) is 21.3 Å². The van der Waals surface area contributed by atoms with E-state index >= 15 is 0 Å². The molecule has 0 bridgehead atoms. The van der Waals surface area contributed by atoms with Crippen LogP contribution >= 0.6 is 6.04 Å². The highest BCUT2D eigenvalue weighted by molar-refractivity contribution is 8.26. The smallest absolute Gasteiger partial charge is 0.140 e. The van der Waals surface area contributed by atoms with Crippen LogP contribution < -0.4 is 25.4 Å². The highest BCUT2D eigenvalue weighted by Crippen LogP contribution is 2.59. The molecule has 0 saturated heterocycles. The van der Waals surface area contributed by atoms with Gasteiger partial charge in [0, 0.05) is 10.6 Å². The molecule has 5 aromatic carbocycles. The first-order chi connectivity index (χ1) is 14.7. The van der Waals surface area contributed by atoms with Crippen LogP contribution in [0, 0.1) is 0 Å². The van der Waals surface area contributed by atoms with Crippen LogP contribution in [0.15, 0.2) is 91.0 Å². The van der Waals surface area contributed by atoms with Crippen molar-refractivity contribution in [3.8, 4) is 23.0 Å². The average Bonchev–Trinajstić information content (AvgIpc) is 2.78. The van der Waals surface area contributed by atoms with Crippen LogP contribution in [0.25, 0.3) is 21.5 Å². The molecule has 30 heavy (non-hydrogen) atoms. The van der Waals surface area contributed by atoms with Gasteiger partial charge in [-0.2, -0.15) is 0 Å². The number of hydrogen-bond donors (Lipinski definition) is 0. The molecule has 0 aromatic heterocycles. The lowest BCUT2D eigenvalue weighted by Crippen LogP contribution is -2.35. The van der Waals surface area contributed by atoms with Gasteiger partial charge in [-0.1, -0.05) is 72.5 Å². The van der Waals surface area contributed by atoms with E-state index in [1.165, 1.54) is 16.2 Å². The quantitative estimate of drug-likeness (QED) is 0.281. The van der Waals surface area contributed by atoms with Gasteiger partial charge >= 0.3 is 0 Å². The van der Waals surface area contributed by atoms with E-state index in [9.17, 15) is 0 Å². The van der Waals surface area contributed by atoms with Crippen LogP contribution in [0.2, 0.25) is 0 Å². The van der Waals surface area contributed by atoms with Crippen LogP contribution in [0.3, 0.4) is 0 Å². The van der Waals surface area contributed by atoms with Gasteiger partial charge in [-0.05, 0) is 51.9 Å². The normalized spacial score (nSPS) is 18.1. The zero-order valence-corrected chi connectivity index (χ0v) is 17.5. The molecule has 2 nitrogen and oxygen atoms in total. The lowest BCUT2D eigenvalue weighted by Gasteiger charge is -2.38. The fourth-order valence-electron chi connectivity index (χ4n) is 4.74. The maximum Gasteiger partial charge on any atom is 0.140 e. The van der Waals surface area contributed by atoms with Gasteiger partial charge in [0.05, 0.1) is 11.3 Å². The zero-order valence-electron chi connectivity index (χ0n) is 15.8. The molecule has 5 aromatic rings. The van der Waals surface area contributed by atoms with Crippen molar-refractivity contribution in [3.63, 3.8) is 0 Å². The first kappa shape index (κ1) is 16.6. The molecule has 7 rings (SSSR count). The minimum atomic E-state index is -2.38. The Balaban J connectivity index is 1.69. The lowest BCUT2D eigenvalue weighted by molar-refractivity contribution is 0.467. The van der Waals surface area contributed by atoms with E-state index in [2.05, 4.69) is 72.8 Å². The number of fused-ring (bicyclic) bond motifs is 7. The molecule has 0 spiro atoms. The maximum absolute atomic E-state index is 6.70. The van der Waals surface area contributed by atoms with E-state index in [0.29, 0.717) is 0 Å². The van der Waals surface area contributed by atoms with Gasteiger partial charge in [0.1, 0.15) is 23.0 Å². The third kappa shape index (κ3) is 2.01. The number of benzene rings is 5. The number of ether oxygens (including phenoxy) is 2. The molecule has 0 fully saturated rings. The molecule has 1 atom stereocenters. The largest absolute Gasteiger partial charge is 0.456 e. The Morgan fingerprint density at radius 3 is 1.97 bits per heavy atom. The standard InChI is InChI=1S/C26H15O2PS/c30-29-24-15-18-8-2-1-7-17(18)14-23(24)28-21-11-5-10-20(26(21)29)27-22-13-12-16-6-3-4-9-19(16)25(22)29/h1-15H. The molecule has 0 aliphatic carbocycles. The van der Waals surface area contributed by atoms with Gasteiger partial charge in [0.2, 0.25) is 0 Å². The first-order valence-corrected chi connectivity index (χ1v) is 12.7. The number of rotatable bonds is 0. The molecule has 1 unspecified atom stereocenters. The average molecular weight is 422 g/mol. The summed E-state index contributed by atoms with van der Waals surface area (Å²) in [6, 6.07) is 29.0. The highest BCUT2D eigenvalue weighted by atomic mass is 32.4. The minimum Gasteiger partial charge on any atom is -0.456 e. The van der Waals surface area contributed by atoms with Gasteiger partial charge in [-0.3, -0.25) is 0 Å². The monoisotopic (exact) mass is 422 g/mol. The van der Waals surface area contributed by atoms with Gasteiger partial charge in [-0.25, -0.2) is 0 Å². The summed E-state index contributed by atoms with van der Waals surface area (Å²) in [6.45, 7) is 0. The summed E-state index contributed by atoms with van der Waals surface area (Å²) < 4.78 is 12.8. The van der Waals surface area contributed by atoms with E-state index in [-0.39, 0.29) is 0 Å². The van der Waals surface area contributed by atoms with Crippen molar-refractivity contribution in [1.29, 1.82) is 0 Å². The zero-order chi connectivity index (χ0) is 19.9. The Labute approximate surface area is 178 Å². The van der Waals surface area contributed by atoms with Gasteiger partial charge < -0.3 is 9.47 Å². The van der Waals surface area contributed by atoms with Gasteiger partial charge in [-0.15, -0.1) is 0 Å². The van der Waals surface area contributed by atoms with Crippen molar-refractivity contribution < 1.29 is 9.47 Å². The van der Waals surface area contributed by atoms with E-state index in [1.807, 2.05) is 18.2 Å². The van der Waals surface area contributed by atoms with Crippen molar-refractivity contribution >= 4 is 55.3 Å². The Hall–Kier alpha value is -3.13. The molecule has 2 aliphatic heterocycles. The fraction of sp³-hybridized carbons (Fsp3) is 0. The predicted octanol–water partition coefficient (Wildman–Crippen LogP) is 5.96. The van der Waals surface area contributed by atoms with Crippen LogP contribution in [0.5, 0.6) is 23.0 Å². The van der Waals surface area contributed by atoms with Crippen molar-refractivity contribution in [2.24, 2.45) is 0 Å². The van der Waals surface area contributed by atoms with Crippen LogP contribution in [-0.4, -0.2) is 0 Å². The summed E-state index contributed by atoms with van der Waals surface area (Å²) in [5, 5.41) is 7.96.